The highest BCUT2D eigenvalue weighted by molar-refractivity contribution is 5.88. The summed E-state index contributed by atoms with van der Waals surface area (Å²) in [5.41, 5.74) is 1.43. The molecule has 4 heteroatoms. The maximum absolute atomic E-state index is 10.8. The van der Waals surface area contributed by atoms with Crippen LogP contribution in [0, 0.1) is 0 Å². The van der Waals surface area contributed by atoms with Crippen molar-refractivity contribution in [1.82, 2.24) is 5.32 Å². The van der Waals surface area contributed by atoms with Crippen LogP contribution in [-0.2, 0) is 0 Å². The van der Waals surface area contributed by atoms with Crippen LogP contribution in [0.2, 0.25) is 0 Å². The van der Waals surface area contributed by atoms with Crippen molar-refractivity contribution in [2.75, 3.05) is 18.0 Å². The zero-order valence-corrected chi connectivity index (χ0v) is 10.2. The van der Waals surface area contributed by atoms with Gasteiger partial charge in [-0.3, -0.25) is 0 Å². The van der Waals surface area contributed by atoms with E-state index in [4.69, 9.17) is 5.11 Å². The van der Waals surface area contributed by atoms with Crippen molar-refractivity contribution in [1.29, 1.82) is 0 Å². The number of nitrogens with one attached hydrogen (secondary N) is 1. The smallest absolute Gasteiger partial charge is 0.335 e. The lowest BCUT2D eigenvalue weighted by molar-refractivity contribution is 0.0697. The van der Waals surface area contributed by atoms with E-state index >= 15 is 0 Å². The van der Waals surface area contributed by atoms with E-state index in [1.807, 2.05) is 12.1 Å². The second kappa shape index (κ2) is 4.75. The number of hydrogen-bond acceptors (Lipinski definition) is 3. The molecule has 1 aliphatic rings. The molecule has 0 aromatic heterocycles. The summed E-state index contributed by atoms with van der Waals surface area (Å²) in [6.07, 6.45) is 0. The zero-order valence-electron chi connectivity index (χ0n) is 10.2. The SMILES string of the molecule is C[C@H]1CN(c2ccc(C(=O)O)cc2)C[C@H](C)N1. The maximum atomic E-state index is 10.8. The highest BCUT2D eigenvalue weighted by atomic mass is 16.4. The summed E-state index contributed by atoms with van der Waals surface area (Å²) in [7, 11) is 0. The van der Waals surface area contributed by atoms with Crippen LogP contribution in [-0.4, -0.2) is 36.2 Å². The van der Waals surface area contributed by atoms with Crippen molar-refractivity contribution in [3.8, 4) is 0 Å². The molecule has 0 unspecified atom stereocenters. The molecule has 0 bridgehead atoms. The van der Waals surface area contributed by atoms with Gasteiger partial charge in [-0.05, 0) is 38.1 Å². The molecule has 92 valence electrons. The van der Waals surface area contributed by atoms with Crippen molar-refractivity contribution < 1.29 is 9.90 Å². The van der Waals surface area contributed by atoms with Crippen LogP contribution >= 0.6 is 0 Å². The van der Waals surface area contributed by atoms with Crippen molar-refractivity contribution >= 4 is 11.7 Å². The lowest BCUT2D eigenvalue weighted by Gasteiger charge is -2.37. The molecule has 0 amide bonds. The number of carboxylic acid groups (broad SMARTS) is 1. The van der Waals surface area contributed by atoms with E-state index < -0.39 is 5.97 Å². The molecule has 2 atom stereocenters. The summed E-state index contributed by atoms with van der Waals surface area (Å²) >= 11 is 0. The second-order valence-electron chi connectivity index (χ2n) is 4.73. The molecule has 2 N–H and O–H groups in total. The average molecular weight is 234 g/mol. The van der Waals surface area contributed by atoms with Crippen molar-refractivity contribution in [3.05, 3.63) is 29.8 Å². The number of benzene rings is 1. The van der Waals surface area contributed by atoms with E-state index in [-0.39, 0.29) is 0 Å². The Morgan fingerprint density at radius 3 is 2.24 bits per heavy atom. The summed E-state index contributed by atoms with van der Waals surface area (Å²) in [5, 5.41) is 12.3. The predicted molar refractivity (Wildman–Crippen MR) is 67.7 cm³/mol. The molecule has 4 nitrogen and oxygen atoms in total. The van der Waals surface area contributed by atoms with Crippen LogP contribution in [0.25, 0.3) is 0 Å². The van der Waals surface area contributed by atoms with Gasteiger partial charge in [-0.25, -0.2) is 4.79 Å². The Hall–Kier alpha value is -1.55. The monoisotopic (exact) mass is 234 g/mol. The predicted octanol–water partition coefficient (Wildman–Crippen LogP) is 1.57. The maximum Gasteiger partial charge on any atom is 0.335 e. The first kappa shape index (κ1) is 11.9. The van der Waals surface area contributed by atoms with Gasteiger partial charge in [-0.2, -0.15) is 0 Å². The third-order valence-corrected chi connectivity index (χ3v) is 3.04. The first-order chi connectivity index (χ1) is 8.06. The largest absolute Gasteiger partial charge is 0.478 e. The molecule has 1 heterocycles. The van der Waals surface area contributed by atoms with Crippen LogP contribution in [0.1, 0.15) is 24.2 Å². The lowest BCUT2D eigenvalue weighted by atomic mass is 10.1. The molecule has 1 fully saturated rings. The molecule has 0 saturated carbocycles. The van der Waals surface area contributed by atoms with E-state index in [0.717, 1.165) is 18.8 Å². The Morgan fingerprint density at radius 1 is 1.24 bits per heavy atom. The van der Waals surface area contributed by atoms with Gasteiger partial charge in [-0.1, -0.05) is 0 Å². The van der Waals surface area contributed by atoms with Crippen LogP contribution in [0.3, 0.4) is 0 Å². The number of aromatic carboxylic acids is 1. The number of piperazine rings is 1. The van der Waals surface area contributed by atoms with Crippen molar-refractivity contribution in [3.63, 3.8) is 0 Å². The summed E-state index contributed by atoms with van der Waals surface area (Å²) in [4.78, 5) is 13.1. The quantitative estimate of drug-likeness (QED) is 0.815. The van der Waals surface area contributed by atoms with Gasteiger partial charge in [0, 0.05) is 30.9 Å². The number of anilines is 1. The van der Waals surface area contributed by atoms with E-state index in [1.165, 1.54) is 0 Å². The fourth-order valence-corrected chi connectivity index (χ4v) is 2.35. The minimum atomic E-state index is -0.876. The number of hydrogen-bond donors (Lipinski definition) is 2. The third-order valence-electron chi connectivity index (χ3n) is 3.04. The van der Waals surface area contributed by atoms with Gasteiger partial charge in [0.25, 0.3) is 0 Å². The Bertz CT molecular complexity index is 392. The lowest BCUT2D eigenvalue weighted by Crippen LogP contribution is -2.54. The molecule has 0 aliphatic carbocycles. The minimum Gasteiger partial charge on any atom is -0.478 e. The fourth-order valence-electron chi connectivity index (χ4n) is 2.35. The fraction of sp³-hybridized carbons (Fsp3) is 0.462. The summed E-state index contributed by atoms with van der Waals surface area (Å²) in [6, 6.07) is 8.00. The van der Waals surface area contributed by atoms with Gasteiger partial charge in [-0.15, -0.1) is 0 Å². The number of carboxylic acids is 1. The Morgan fingerprint density at radius 2 is 1.76 bits per heavy atom. The van der Waals surface area contributed by atoms with Crippen LogP contribution in [0.5, 0.6) is 0 Å². The standard InChI is InChI=1S/C13H18N2O2/c1-9-7-15(8-10(2)14-9)12-5-3-11(4-6-12)13(16)17/h3-6,9-10,14H,7-8H2,1-2H3,(H,16,17)/t9-,10-/m0/s1. The van der Waals surface area contributed by atoms with Gasteiger partial charge in [0.2, 0.25) is 0 Å². The van der Waals surface area contributed by atoms with Gasteiger partial charge >= 0.3 is 5.97 Å². The topological polar surface area (TPSA) is 52.6 Å². The zero-order chi connectivity index (χ0) is 12.4. The van der Waals surface area contributed by atoms with Crippen LogP contribution in [0.15, 0.2) is 24.3 Å². The van der Waals surface area contributed by atoms with Gasteiger partial charge in [0.1, 0.15) is 0 Å². The normalized spacial score (nSPS) is 24.7. The van der Waals surface area contributed by atoms with E-state index in [9.17, 15) is 4.79 Å². The van der Waals surface area contributed by atoms with Gasteiger partial charge in [0.15, 0.2) is 0 Å². The van der Waals surface area contributed by atoms with Crippen molar-refractivity contribution in [2.45, 2.75) is 25.9 Å². The number of carbonyl (C=O) groups is 1. The second-order valence-corrected chi connectivity index (χ2v) is 4.73. The summed E-state index contributed by atoms with van der Waals surface area (Å²) in [5.74, 6) is -0.876. The van der Waals surface area contributed by atoms with Crippen molar-refractivity contribution in [2.24, 2.45) is 0 Å². The first-order valence-corrected chi connectivity index (χ1v) is 5.90. The van der Waals surface area contributed by atoms with Gasteiger partial charge < -0.3 is 15.3 Å². The average Bonchev–Trinajstić information content (AvgIpc) is 2.28. The minimum absolute atomic E-state index is 0.338. The first-order valence-electron chi connectivity index (χ1n) is 5.90. The van der Waals surface area contributed by atoms with E-state index in [1.54, 1.807) is 12.1 Å². The Kier molecular flexibility index (Phi) is 3.33. The van der Waals surface area contributed by atoms with E-state index in [0.29, 0.717) is 17.6 Å². The number of nitrogens with zero attached hydrogens (tertiary/aromatic N) is 1. The molecule has 17 heavy (non-hydrogen) atoms. The molecule has 0 spiro atoms. The molecule has 1 aromatic carbocycles. The molecule has 1 saturated heterocycles. The van der Waals surface area contributed by atoms with Crippen LogP contribution in [0.4, 0.5) is 5.69 Å². The molecular formula is C13H18N2O2. The van der Waals surface area contributed by atoms with Crippen LogP contribution < -0.4 is 10.2 Å². The molecule has 1 aliphatic heterocycles. The van der Waals surface area contributed by atoms with Gasteiger partial charge in [0.05, 0.1) is 5.56 Å². The Labute approximate surface area is 101 Å². The Balaban J connectivity index is 2.14. The summed E-state index contributed by atoms with van der Waals surface area (Å²) in [6.45, 7) is 6.23. The highest BCUT2D eigenvalue weighted by Gasteiger charge is 2.21. The third kappa shape index (κ3) is 2.77. The molecule has 2 rings (SSSR count). The molecular weight excluding hydrogens is 216 g/mol. The van der Waals surface area contributed by atoms with E-state index in [2.05, 4.69) is 24.1 Å². The summed E-state index contributed by atoms with van der Waals surface area (Å²) < 4.78 is 0. The molecule has 1 aromatic rings. The number of rotatable bonds is 2. The molecule has 0 radical (unpaired) electrons. The highest BCUT2D eigenvalue weighted by Crippen LogP contribution is 2.18.